The van der Waals surface area contributed by atoms with E-state index in [1.807, 2.05) is 4.72 Å². The van der Waals surface area contributed by atoms with E-state index in [4.69, 9.17) is 5.11 Å². The van der Waals surface area contributed by atoms with E-state index in [-0.39, 0.29) is 11.7 Å². The second-order valence-electron chi connectivity index (χ2n) is 2.14. The molecule has 0 aromatic carbocycles. The molecular formula is C5H7N3O3S. The van der Waals surface area contributed by atoms with Crippen molar-refractivity contribution in [2.24, 2.45) is 0 Å². The van der Waals surface area contributed by atoms with Gasteiger partial charge in [0.1, 0.15) is 0 Å². The SMILES string of the molecule is CS(=O)(=O)Nc1ncc(O)cn1. The molecule has 0 aliphatic rings. The maximum Gasteiger partial charge on any atom is 0.236 e. The Morgan fingerprint density at radius 3 is 2.33 bits per heavy atom. The summed E-state index contributed by atoms with van der Waals surface area (Å²) in [6, 6.07) is 0. The molecule has 0 aliphatic carbocycles. The van der Waals surface area contributed by atoms with Crippen LogP contribution in [0.5, 0.6) is 5.75 Å². The minimum absolute atomic E-state index is 0.0599. The highest BCUT2D eigenvalue weighted by molar-refractivity contribution is 7.91. The van der Waals surface area contributed by atoms with Gasteiger partial charge in [-0.2, -0.15) is 0 Å². The van der Waals surface area contributed by atoms with Gasteiger partial charge in [0.2, 0.25) is 16.0 Å². The first-order valence-corrected chi connectivity index (χ1v) is 4.85. The van der Waals surface area contributed by atoms with E-state index < -0.39 is 10.0 Å². The van der Waals surface area contributed by atoms with Crippen molar-refractivity contribution in [3.63, 3.8) is 0 Å². The molecule has 12 heavy (non-hydrogen) atoms. The van der Waals surface area contributed by atoms with Gasteiger partial charge in [-0.1, -0.05) is 0 Å². The molecule has 1 heterocycles. The Balaban J connectivity index is 2.85. The summed E-state index contributed by atoms with van der Waals surface area (Å²) in [5.41, 5.74) is 0. The van der Waals surface area contributed by atoms with Crippen molar-refractivity contribution >= 4 is 16.0 Å². The molecule has 66 valence electrons. The summed E-state index contributed by atoms with van der Waals surface area (Å²) in [7, 11) is -3.35. The summed E-state index contributed by atoms with van der Waals surface area (Å²) in [4.78, 5) is 7.02. The van der Waals surface area contributed by atoms with E-state index in [1.165, 1.54) is 0 Å². The normalized spacial score (nSPS) is 11.1. The summed E-state index contributed by atoms with van der Waals surface area (Å²) in [6.45, 7) is 0. The molecule has 6 nitrogen and oxygen atoms in total. The van der Waals surface area contributed by atoms with Gasteiger partial charge in [-0.15, -0.1) is 0 Å². The highest BCUT2D eigenvalue weighted by Gasteiger charge is 2.02. The summed E-state index contributed by atoms with van der Waals surface area (Å²) in [5.74, 6) is -0.177. The number of hydrogen-bond donors (Lipinski definition) is 2. The molecule has 0 radical (unpaired) electrons. The zero-order valence-electron chi connectivity index (χ0n) is 6.22. The molecule has 2 N–H and O–H groups in total. The van der Waals surface area contributed by atoms with Gasteiger partial charge in [-0.3, -0.25) is 4.72 Å². The Bertz CT molecular complexity index is 358. The van der Waals surface area contributed by atoms with E-state index in [1.54, 1.807) is 0 Å². The summed E-state index contributed by atoms with van der Waals surface area (Å²) in [5, 5.41) is 8.75. The lowest BCUT2D eigenvalue weighted by Gasteiger charge is -1.99. The van der Waals surface area contributed by atoms with Gasteiger partial charge in [0.15, 0.2) is 5.75 Å². The van der Waals surface area contributed by atoms with Gasteiger partial charge in [-0.25, -0.2) is 18.4 Å². The van der Waals surface area contributed by atoms with Gasteiger partial charge >= 0.3 is 0 Å². The quantitative estimate of drug-likeness (QED) is 0.657. The summed E-state index contributed by atoms with van der Waals surface area (Å²) < 4.78 is 23.3. The fourth-order valence-electron chi connectivity index (χ4n) is 0.540. The van der Waals surface area contributed by atoms with Crippen LogP contribution in [0, 0.1) is 0 Å². The van der Waals surface area contributed by atoms with Crippen molar-refractivity contribution in [2.75, 3.05) is 11.0 Å². The van der Waals surface area contributed by atoms with Gasteiger partial charge in [0.25, 0.3) is 0 Å². The summed E-state index contributed by atoms with van der Waals surface area (Å²) in [6.07, 6.45) is 3.18. The van der Waals surface area contributed by atoms with Gasteiger partial charge < -0.3 is 5.11 Å². The first-order chi connectivity index (χ1) is 5.47. The average molecular weight is 189 g/mol. The van der Waals surface area contributed by atoms with Crippen LogP contribution in [0.15, 0.2) is 12.4 Å². The molecule has 0 bridgehead atoms. The Morgan fingerprint density at radius 2 is 1.92 bits per heavy atom. The largest absolute Gasteiger partial charge is 0.505 e. The molecule has 7 heteroatoms. The predicted molar refractivity (Wildman–Crippen MR) is 42.2 cm³/mol. The third kappa shape index (κ3) is 2.70. The average Bonchev–Trinajstić information content (AvgIpc) is 1.91. The van der Waals surface area contributed by atoms with E-state index in [2.05, 4.69) is 9.97 Å². The summed E-state index contributed by atoms with van der Waals surface area (Å²) >= 11 is 0. The Kier molecular flexibility index (Phi) is 2.13. The molecule has 0 saturated carbocycles. The van der Waals surface area contributed by atoms with Crippen LogP contribution in [0.4, 0.5) is 5.95 Å². The van der Waals surface area contributed by atoms with Gasteiger partial charge in [0, 0.05) is 0 Å². The lowest BCUT2D eigenvalue weighted by Crippen LogP contribution is -2.11. The standard InChI is InChI=1S/C5H7N3O3S/c1-12(10,11)8-5-6-2-4(9)3-7-5/h2-3,9H,1H3,(H,6,7,8). The second-order valence-corrected chi connectivity index (χ2v) is 3.89. The van der Waals surface area contributed by atoms with E-state index in [9.17, 15) is 8.42 Å². The Hall–Kier alpha value is -1.37. The first-order valence-electron chi connectivity index (χ1n) is 2.96. The van der Waals surface area contributed by atoms with E-state index in [0.29, 0.717) is 0 Å². The maximum atomic E-state index is 10.6. The number of rotatable bonds is 2. The van der Waals surface area contributed by atoms with Crippen LogP contribution in [0.3, 0.4) is 0 Å². The molecule has 0 unspecified atom stereocenters. The van der Waals surface area contributed by atoms with Crippen molar-refractivity contribution in [1.82, 2.24) is 9.97 Å². The number of aromatic hydroxyl groups is 1. The molecule has 0 saturated heterocycles. The fourth-order valence-corrected chi connectivity index (χ4v) is 0.977. The topological polar surface area (TPSA) is 92.2 Å². The second kappa shape index (κ2) is 2.94. The Labute approximate surface area is 69.3 Å². The van der Waals surface area contributed by atoms with Gasteiger partial charge in [0.05, 0.1) is 18.6 Å². The number of nitrogens with zero attached hydrogens (tertiary/aromatic N) is 2. The molecule has 1 aromatic heterocycles. The van der Waals surface area contributed by atoms with Crippen LogP contribution < -0.4 is 4.72 Å². The van der Waals surface area contributed by atoms with E-state index in [0.717, 1.165) is 18.6 Å². The van der Waals surface area contributed by atoms with Crippen molar-refractivity contribution < 1.29 is 13.5 Å². The highest BCUT2D eigenvalue weighted by Crippen LogP contribution is 2.05. The molecule has 1 rings (SSSR count). The van der Waals surface area contributed by atoms with Crippen molar-refractivity contribution in [3.8, 4) is 5.75 Å². The first kappa shape index (κ1) is 8.72. The van der Waals surface area contributed by atoms with Crippen LogP contribution >= 0.6 is 0 Å². The minimum atomic E-state index is -3.35. The van der Waals surface area contributed by atoms with Crippen molar-refractivity contribution in [3.05, 3.63) is 12.4 Å². The molecule has 0 atom stereocenters. The van der Waals surface area contributed by atoms with Crippen LogP contribution in [-0.4, -0.2) is 29.7 Å². The zero-order valence-corrected chi connectivity index (χ0v) is 7.04. The molecule has 0 aliphatic heterocycles. The smallest absolute Gasteiger partial charge is 0.236 e. The zero-order chi connectivity index (χ0) is 9.19. The number of anilines is 1. The third-order valence-corrected chi connectivity index (χ3v) is 1.47. The minimum Gasteiger partial charge on any atom is -0.505 e. The lowest BCUT2D eigenvalue weighted by molar-refractivity contribution is 0.470. The van der Waals surface area contributed by atoms with Crippen LogP contribution in [0.25, 0.3) is 0 Å². The third-order valence-electron chi connectivity index (χ3n) is 0.915. The molecule has 1 aromatic rings. The Morgan fingerprint density at radius 1 is 1.42 bits per heavy atom. The van der Waals surface area contributed by atoms with Crippen molar-refractivity contribution in [2.45, 2.75) is 0 Å². The van der Waals surface area contributed by atoms with Crippen LogP contribution in [-0.2, 0) is 10.0 Å². The molecular weight excluding hydrogens is 182 g/mol. The molecule has 0 spiro atoms. The van der Waals surface area contributed by atoms with Crippen molar-refractivity contribution in [1.29, 1.82) is 0 Å². The fraction of sp³-hybridized carbons (Fsp3) is 0.200. The number of hydrogen-bond acceptors (Lipinski definition) is 5. The van der Waals surface area contributed by atoms with Crippen LogP contribution in [0.1, 0.15) is 0 Å². The van der Waals surface area contributed by atoms with E-state index >= 15 is 0 Å². The number of sulfonamides is 1. The number of nitrogens with one attached hydrogen (secondary N) is 1. The van der Waals surface area contributed by atoms with Gasteiger partial charge in [-0.05, 0) is 0 Å². The monoisotopic (exact) mass is 189 g/mol. The van der Waals surface area contributed by atoms with Crippen LogP contribution in [0.2, 0.25) is 0 Å². The predicted octanol–water partition coefficient (Wildman–Crippen LogP) is -0.446. The molecule has 0 amide bonds. The lowest BCUT2D eigenvalue weighted by atomic mass is 10.6. The highest BCUT2D eigenvalue weighted by atomic mass is 32.2. The number of aromatic nitrogens is 2. The molecule has 0 fully saturated rings. The maximum absolute atomic E-state index is 10.6.